The molecule has 1 atom stereocenters. The van der Waals surface area contributed by atoms with Crippen LogP contribution in [0, 0.1) is 0 Å². The van der Waals surface area contributed by atoms with Crippen molar-refractivity contribution in [2.24, 2.45) is 0 Å². The van der Waals surface area contributed by atoms with Crippen molar-refractivity contribution in [3.63, 3.8) is 0 Å². The first-order valence-electron chi connectivity index (χ1n) is 8.06. The van der Waals surface area contributed by atoms with E-state index in [0.29, 0.717) is 6.61 Å². The molecule has 0 aliphatic carbocycles. The minimum atomic E-state index is 0.247. The lowest BCUT2D eigenvalue weighted by Crippen LogP contribution is -2.18. The van der Waals surface area contributed by atoms with Crippen molar-refractivity contribution in [2.45, 2.75) is 26.1 Å². The largest absolute Gasteiger partial charge is 0.487 e. The van der Waals surface area contributed by atoms with Gasteiger partial charge in [-0.25, -0.2) is 0 Å². The van der Waals surface area contributed by atoms with Gasteiger partial charge in [-0.2, -0.15) is 0 Å². The van der Waals surface area contributed by atoms with Crippen molar-refractivity contribution in [3.8, 4) is 5.75 Å². The van der Waals surface area contributed by atoms with Gasteiger partial charge in [-0.3, -0.25) is 9.97 Å². The van der Waals surface area contributed by atoms with Crippen LogP contribution in [0.4, 0.5) is 0 Å². The van der Waals surface area contributed by atoms with Crippen LogP contribution in [0.25, 0.3) is 0 Å². The zero-order valence-electron chi connectivity index (χ0n) is 13.7. The van der Waals surface area contributed by atoms with Crippen molar-refractivity contribution >= 4 is 0 Å². The second-order valence-electron chi connectivity index (χ2n) is 5.65. The van der Waals surface area contributed by atoms with Crippen LogP contribution in [0.5, 0.6) is 5.75 Å². The third-order valence-electron chi connectivity index (χ3n) is 3.81. The predicted molar refractivity (Wildman–Crippen MR) is 94.5 cm³/mol. The molecule has 0 aliphatic heterocycles. The third-order valence-corrected chi connectivity index (χ3v) is 3.81. The fourth-order valence-corrected chi connectivity index (χ4v) is 2.41. The highest BCUT2D eigenvalue weighted by Crippen LogP contribution is 2.16. The average molecular weight is 319 g/mol. The number of rotatable bonds is 7. The Bertz CT molecular complexity index is 747. The molecule has 1 unspecified atom stereocenters. The summed E-state index contributed by atoms with van der Waals surface area (Å²) in [6.45, 7) is 3.39. The van der Waals surface area contributed by atoms with Crippen LogP contribution < -0.4 is 10.1 Å². The summed E-state index contributed by atoms with van der Waals surface area (Å²) in [5, 5.41) is 3.51. The molecule has 122 valence electrons. The van der Waals surface area contributed by atoms with Gasteiger partial charge in [0.05, 0.1) is 5.69 Å². The van der Waals surface area contributed by atoms with Gasteiger partial charge in [-0.1, -0.05) is 24.3 Å². The highest BCUT2D eigenvalue weighted by Gasteiger charge is 2.05. The highest BCUT2D eigenvalue weighted by molar-refractivity contribution is 5.29. The second-order valence-corrected chi connectivity index (χ2v) is 5.65. The lowest BCUT2D eigenvalue weighted by molar-refractivity contribution is 0.301. The van der Waals surface area contributed by atoms with Crippen LogP contribution in [0.2, 0.25) is 0 Å². The van der Waals surface area contributed by atoms with E-state index in [9.17, 15) is 0 Å². The Morgan fingerprint density at radius 1 is 1.04 bits per heavy atom. The summed E-state index contributed by atoms with van der Waals surface area (Å²) in [5.41, 5.74) is 3.29. The molecule has 0 spiro atoms. The van der Waals surface area contributed by atoms with E-state index in [1.54, 1.807) is 12.4 Å². The molecule has 4 heteroatoms. The Hall–Kier alpha value is -2.72. The first kappa shape index (κ1) is 16.1. The summed E-state index contributed by atoms with van der Waals surface area (Å²) in [6, 6.07) is 18.2. The van der Waals surface area contributed by atoms with Gasteiger partial charge < -0.3 is 10.1 Å². The SMILES string of the molecule is CC(NCc1cccc(OCc2ccccn2)c1)c1cccnc1. The summed E-state index contributed by atoms with van der Waals surface area (Å²) in [6.07, 6.45) is 5.46. The van der Waals surface area contributed by atoms with E-state index in [2.05, 4.69) is 40.4 Å². The summed E-state index contributed by atoms with van der Waals surface area (Å²) in [4.78, 5) is 8.43. The standard InChI is InChI=1S/C20H21N3O/c1-16(18-7-5-10-21-14-18)23-13-17-6-4-9-20(12-17)24-15-19-8-2-3-11-22-19/h2-12,14,16,23H,13,15H2,1H3. The van der Waals surface area contributed by atoms with E-state index >= 15 is 0 Å². The first-order valence-corrected chi connectivity index (χ1v) is 8.06. The number of pyridine rings is 2. The molecule has 0 bridgehead atoms. The quantitative estimate of drug-likeness (QED) is 0.717. The van der Waals surface area contributed by atoms with E-state index in [-0.39, 0.29) is 6.04 Å². The number of aromatic nitrogens is 2. The number of nitrogens with one attached hydrogen (secondary N) is 1. The molecule has 3 rings (SSSR count). The molecule has 0 saturated heterocycles. The third kappa shape index (κ3) is 4.64. The van der Waals surface area contributed by atoms with Crippen LogP contribution in [0.3, 0.4) is 0 Å². The maximum absolute atomic E-state index is 5.82. The normalized spacial score (nSPS) is 11.9. The van der Waals surface area contributed by atoms with Gasteiger partial charge >= 0.3 is 0 Å². The number of ether oxygens (including phenoxy) is 1. The highest BCUT2D eigenvalue weighted by atomic mass is 16.5. The number of hydrogen-bond donors (Lipinski definition) is 1. The zero-order chi connectivity index (χ0) is 16.6. The van der Waals surface area contributed by atoms with E-state index < -0.39 is 0 Å². The van der Waals surface area contributed by atoms with Gasteiger partial charge in [0.15, 0.2) is 0 Å². The molecule has 3 aromatic rings. The van der Waals surface area contributed by atoms with E-state index in [4.69, 9.17) is 4.74 Å². The van der Waals surface area contributed by atoms with Crippen molar-refractivity contribution < 1.29 is 4.74 Å². The topological polar surface area (TPSA) is 47.0 Å². The predicted octanol–water partition coefficient (Wildman–Crippen LogP) is 3.91. The molecule has 0 saturated carbocycles. The van der Waals surface area contributed by atoms with E-state index in [0.717, 1.165) is 18.0 Å². The monoisotopic (exact) mass is 319 g/mol. The fourth-order valence-electron chi connectivity index (χ4n) is 2.41. The molecule has 4 nitrogen and oxygen atoms in total. The number of hydrogen-bond acceptors (Lipinski definition) is 4. The van der Waals surface area contributed by atoms with Crippen LogP contribution in [0.1, 0.15) is 29.8 Å². The maximum Gasteiger partial charge on any atom is 0.130 e. The van der Waals surface area contributed by atoms with Crippen molar-refractivity contribution in [1.82, 2.24) is 15.3 Å². The van der Waals surface area contributed by atoms with Gasteiger partial charge in [-0.05, 0) is 48.4 Å². The van der Waals surface area contributed by atoms with Crippen LogP contribution >= 0.6 is 0 Å². The van der Waals surface area contributed by atoms with Crippen LogP contribution in [-0.2, 0) is 13.2 Å². The Morgan fingerprint density at radius 2 is 2.00 bits per heavy atom. The summed E-state index contributed by atoms with van der Waals surface area (Å²) in [7, 11) is 0. The molecule has 1 aromatic carbocycles. The van der Waals surface area contributed by atoms with Crippen LogP contribution in [0.15, 0.2) is 73.2 Å². The Balaban J connectivity index is 1.55. The Labute approximate surface area is 142 Å². The maximum atomic E-state index is 5.82. The Kier molecular flexibility index (Phi) is 5.53. The van der Waals surface area contributed by atoms with Crippen LogP contribution in [-0.4, -0.2) is 9.97 Å². The number of nitrogens with zero attached hydrogens (tertiary/aromatic N) is 2. The van der Waals surface area contributed by atoms with Gasteiger partial charge in [0.25, 0.3) is 0 Å². The summed E-state index contributed by atoms with van der Waals surface area (Å²) < 4.78 is 5.82. The summed E-state index contributed by atoms with van der Waals surface area (Å²) in [5.74, 6) is 0.856. The molecule has 0 amide bonds. The molecular weight excluding hydrogens is 298 g/mol. The van der Waals surface area contributed by atoms with Gasteiger partial charge in [-0.15, -0.1) is 0 Å². The molecule has 0 fully saturated rings. The Morgan fingerprint density at radius 3 is 2.79 bits per heavy atom. The average Bonchev–Trinajstić information content (AvgIpc) is 2.66. The molecule has 2 aromatic heterocycles. The van der Waals surface area contributed by atoms with Gasteiger partial charge in [0.1, 0.15) is 12.4 Å². The molecule has 1 N–H and O–H groups in total. The molecule has 0 aliphatic rings. The molecular formula is C20H21N3O. The second kappa shape index (κ2) is 8.22. The zero-order valence-corrected chi connectivity index (χ0v) is 13.7. The van der Waals surface area contributed by atoms with E-state index in [1.165, 1.54) is 11.1 Å². The molecule has 24 heavy (non-hydrogen) atoms. The molecule has 0 radical (unpaired) electrons. The molecule has 2 heterocycles. The van der Waals surface area contributed by atoms with Crippen molar-refractivity contribution in [1.29, 1.82) is 0 Å². The van der Waals surface area contributed by atoms with Crippen molar-refractivity contribution in [2.75, 3.05) is 0 Å². The van der Waals surface area contributed by atoms with Gasteiger partial charge in [0, 0.05) is 31.2 Å². The summed E-state index contributed by atoms with van der Waals surface area (Å²) >= 11 is 0. The fraction of sp³-hybridized carbons (Fsp3) is 0.200. The minimum Gasteiger partial charge on any atom is -0.487 e. The first-order chi connectivity index (χ1) is 11.8. The minimum absolute atomic E-state index is 0.247. The van der Waals surface area contributed by atoms with Gasteiger partial charge in [0.2, 0.25) is 0 Å². The lowest BCUT2D eigenvalue weighted by Gasteiger charge is -2.14. The van der Waals surface area contributed by atoms with Crippen molar-refractivity contribution in [3.05, 3.63) is 90.0 Å². The van der Waals surface area contributed by atoms with E-state index in [1.807, 2.05) is 42.6 Å². The smallest absolute Gasteiger partial charge is 0.130 e. The number of benzene rings is 1. The lowest BCUT2D eigenvalue weighted by atomic mass is 10.1.